The van der Waals surface area contributed by atoms with Crippen molar-refractivity contribution in [1.29, 1.82) is 0 Å². The number of amides is 2. The molecule has 1 atom stereocenters. The molecule has 0 saturated carbocycles. The molecule has 0 aliphatic rings. The van der Waals surface area contributed by atoms with Crippen LogP contribution in [-0.4, -0.2) is 17.8 Å². The van der Waals surface area contributed by atoms with E-state index in [4.69, 9.17) is 16.3 Å². The Bertz CT molecular complexity index is 1200. The highest BCUT2D eigenvalue weighted by molar-refractivity contribution is 6.31. The van der Waals surface area contributed by atoms with E-state index in [2.05, 4.69) is 10.6 Å². The number of halogens is 4. The van der Waals surface area contributed by atoms with Crippen LogP contribution in [0.25, 0.3) is 0 Å². The van der Waals surface area contributed by atoms with Crippen LogP contribution in [-0.2, 0) is 20.5 Å². The van der Waals surface area contributed by atoms with Gasteiger partial charge in [-0.2, -0.15) is 13.2 Å². The second kappa shape index (κ2) is 10.4. The van der Waals surface area contributed by atoms with Gasteiger partial charge in [-0.1, -0.05) is 41.9 Å². The van der Waals surface area contributed by atoms with Gasteiger partial charge in [-0.25, -0.2) is 4.79 Å². The molecule has 0 aromatic heterocycles. The Balaban J connectivity index is 1.84. The lowest BCUT2D eigenvalue weighted by atomic mass is 10.1. The molecule has 34 heavy (non-hydrogen) atoms. The summed E-state index contributed by atoms with van der Waals surface area (Å²) < 4.78 is 44.9. The molecule has 0 bridgehead atoms. The molecule has 2 N–H and O–H groups in total. The average molecular weight is 491 g/mol. The Morgan fingerprint density at radius 2 is 1.50 bits per heavy atom. The van der Waals surface area contributed by atoms with E-state index in [0.29, 0.717) is 17.3 Å². The predicted molar refractivity (Wildman–Crippen MR) is 120 cm³/mol. The number of anilines is 2. The Kier molecular flexibility index (Phi) is 7.57. The van der Waals surface area contributed by atoms with Crippen LogP contribution >= 0.6 is 11.6 Å². The van der Waals surface area contributed by atoms with Gasteiger partial charge in [0.05, 0.1) is 16.1 Å². The van der Waals surface area contributed by atoms with Gasteiger partial charge in [0.25, 0.3) is 5.91 Å². The van der Waals surface area contributed by atoms with Crippen molar-refractivity contribution >= 4 is 40.8 Å². The second-order valence-corrected chi connectivity index (χ2v) is 7.54. The summed E-state index contributed by atoms with van der Waals surface area (Å²) in [5.74, 6) is -1.98. The summed E-state index contributed by atoms with van der Waals surface area (Å²) in [5, 5.41) is 4.39. The number of hydrogen-bond donors (Lipinski definition) is 2. The quantitative estimate of drug-likeness (QED) is 0.424. The zero-order valence-electron chi connectivity index (χ0n) is 17.7. The van der Waals surface area contributed by atoms with E-state index in [1.54, 1.807) is 30.3 Å². The number of carbonyl (C=O) groups is 3. The largest absolute Gasteiger partial charge is 0.444 e. The molecular formula is C24H18ClF3N2O4. The van der Waals surface area contributed by atoms with Crippen LogP contribution in [0.2, 0.25) is 5.02 Å². The third kappa shape index (κ3) is 6.35. The van der Waals surface area contributed by atoms with Crippen molar-refractivity contribution in [3.8, 4) is 0 Å². The van der Waals surface area contributed by atoms with Gasteiger partial charge in [0.2, 0.25) is 12.0 Å². The maximum Gasteiger partial charge on any atom is 0.417 e. The summed E-state index contributed by atoms with van der Waals surface area (Å²) in [6, 6.07) is 16.7. The van der Waals surface area contributed by atoms with Crippen LogP contribution in [0, 0.1) is 0 Å². The SMILES string of the molecule is CC(=O)Nc1ccc(C(=O)O[C@@H](C(=O)Nc2ccc(Cl)c(C(F)(F)F)c2)c2ccccc2)cc1. The molecule has 10 heteroatoms. The fraction of sp³-hybridized carbons (Fsp3) is 0.125. The first-order valence-corrected chi connectivity index (χ1v) is 10.2. The highest BCUT2D eigenvalue weighted by Gasteiger charge is 2.34. The van der Waals surface area contributed by atoms with Crippen molar-refractivity contribution in [1.82, 2.24) is 0 Å². The predicted octanol–water partition coefficient (Wildman–Crippen LogP) is 5.85. The van der Waals surface area contributed by atoms with E-state index < -0.39 is 34.7 Å². The van der Waals surface area contributed by atoms with Gasteiger partial charge in [0.1, 0.15) is 0 Å². The lowest BCUT2D eigenvalue weighted by Crippen LogP contribution is -2.26. The number of alkyl halides is 3. The van der Waals surface area contributed by atoms with Crippen molar-refractivity contribution in [3.63, 3.8) is 0 Å². The molecule has 176 valence electrons. The molecule has 0 spiro atoms. The van der Waals surface area contributed by atoms with Crippen LogP contribution < -0.4 is 10.6 Å². The summed E-state index contributed by atoms with van der Waals surface area (Å²) in [7, 11) is 0. The van der Waals surface area contributed by atoms with Crippen LogP contribution in [0.15, 0.2) is 72.8 Å². The Morgan fingerprint density at radius 3 is 2.09 bits per heavy atom. The van der Waals surface area contributed by atoms with Crippen LogP contribution in [0.4, 0.5) is 24.5 Å². The number of nitrogens with one attached hydrogen (secondary N) is 2. The number of ether oxygens (including phenoxy) is 1. The lowest BCUT2D eigenvalue weighted by Gasteiger charge is -2.19. The third-order valence-corrected chi connectivity index (χ3v) is 4.88. The van der Waals surface area contributed by atoms with E-state index in [9.17, 15) is 27.6 Å². The minimum absolute atomic E-state index is 0.105. The van der Waals surface area contributed by atoms with Gasteiger partial charge < -0.3 is 15.4 Å². The monoisotopic (exact) mass is 490 g/mol. The minimum Gasteiger partial charge on any atom is -0.444 e. The molecule has 0 unspecified atom stereocenters. The van der Waals surface area contributed by atoms with Crippen molar-refractivity contribution in [3.05, 3.63) is 94.5 Å². The van der Waals surface area contributed by atoms with Gasteiger partial charge >= 0.3 is 12.1 Å². The van der Waals surface area contributed by atoms with Crippen LogP contribution in [0.1, 0.15) is 34.5 Å². The standard InChI is InChI=1S/C24H18ClF3N2O4/c1-14(31)29-17-9-7-16(8-10-17)23(33)34-21(15-5-3-2-4-6-15)22(32)30-18-11-12-20(25)19(13-18)24(26,27)28/h2-13,21H,1H3,(H,29,31)(H,30,32)/t21-/m1/s1. The van der Waals surface area contributed by atoms with Gasteiger partial charge in [-0.15, -0.1) is 0 Å². The maximum absolute atomic E-state index is 13.2. The van der Waals surface area contributed by atoms with Gasteiger partial charge in [-0.05, 0) is 42.5 Å². The summed E-state index contributed by atoms with van der Waals surface area (Å²) >= 11 is 5.63. The van der Waals surface area contributed by atoms with Gasteiger partial charge in [0.15, 0.2) is 0 Å². The Labute approximate surface area is 197 Å². The Hall–Kier alpha value is -3.85. The molecule has 6 nitrogen and oxygen atoms in total. The molecule has 0 saturated heterocycles. The van der Waals surface area contributed by atoms with Crippen molar-refractivity contribution < 1.29 is 32.3 Å². The highest BCUT2D eigenvalue weighted by atomic mass is 35.5. The molecule has 3 aromatic carbocycles. The average Bonchev–Trinajstić information content (AvgIpc) is 2.78. The first-order valence-electron chi connectivity index (χ1n) is 9.86. The van der Waals surface area contributed by atoms with E-state index in [1.807, 2.05) is 0 Å². The molecule has 0 heterocycles. The van der Waals surface area contributed by atoms with E-state index in [-0.39, 0.29) is 17.2 Å². The minimum atomic E-state index is -4.72. The number of hydrogen-bond acceptors (Lipinski definition) is 4. The first kappa shape index (κ1) is 24.8. The van der Waals surface area contributed by atoms with E-state index in [1.165, 1.54) is 37.3 Å². The summed E-state index contributed by atoms with van der Waals surface area (Å²) in [6.45, 7) is 1.34. The van der Waals surface area contributed by atoms with Crippen molar-refractivity contribution in [2.45, 2.75) is 19.2 Å². The van der Waals surface area contributed by atoms with Gasteiger partial charge in [-0.3, -0.25) is 9.59 Å². The van der Waals surface area contributed by atoms with Crippen LogP contribution in [0.5, 0.6) is 0 Å². The lowest BCUT2D eigenvalue weighted by molar-refractivity contribution is -0.137. The zero-order chi connectivity index (χ0) is 24.9. The molecule has 0 fully saturated rings. The van der Waals surface area contributed by atoms with Crippen molar-refractivity contribution in [2.24, 2.45) is 0 Å². The van der Waals surface area contributed by atoms with E-state index >= 15 is 0 Å². The van der Waals surface area contributed by atoms with Crippen LogP contribution in [0.3, 0.4) is 0 Å². The maximum atomic E-state index is 13.2. The molecule has 0 aliphatic heterocycles. The first-order chi connectivity index (χ1) is 16.0. The smallest absolute Gasteiger partial charge is 0.417 e. The fourth-order valence-electron chi connectivity index (χ4n) is 3.00. The Morgan fingerprint density at radius 1 is 0.882 bits per heavy atom. The summed E-state index contributed by atoms with van der Waals surface area (Å²) in [5.41, 5.74) is -0.399. The van der Waals surface area contributed by atoms with Crippen molar-refractivity contribution in [2.75, 3.05) is 10.6 Å². The molecule has 0 radical (unpaired) electrons. The molecule has 3 aromatic rings. The normalized spacial score (nSPS) is 11.9. The number of benzene rings is 3. The fourth-order valence-corrected chi connectivity index (χ4v) is 3.22. The molecular weight excluding hydrogens is 473 g/mol. The zero-order valence-corrected chi connectivity index (χ0v) is 18.4. The molecule has 0 aliphatic carbocycles. The molecule has 3 rings (SSSR count). The highest BCUT2D eigenvalue weighted by Crippen LogP contribution is 2.36. The topological polar surface area (TPSA) is 84.5 Å². The number of rotatable bonds is 6. The van der Waals surface area contributed by atoms with Gasteiger partial charge in [0, 0.05) is 23.9 Å². The van der Waals surface area contributed by atoms with E-state index in [0.717, 1.165) is 6.07 Å². The molecule has 2 amide bonds. The second-order valence-electron chi connectivity index (χ2n) is 7.14. The third-order valence-electron chi connectivity index (χ3n) is 4.55. The summed E-state index contributed by atoms with van der Waals surface area (Å²) in [6.07, 6.45) is -6.17. The summed E-state index contributed by atoms with van der Waals surface area (Å²) in [4.78, 5) is 36.8. The number of carbonyl (C=O) groups excluding carboxylic acids is 3. The number of esters is 1.